The van der Waals surface area contributed by atoms with Crippen molar-refractivity contribution in [1.82, 2.24) is 0 Å². The van der Waals surface area contributed by atoms with E-state index in [2.05, 4.69) is 5.82 Å². The summed E-state index contributed by atoms with van der Waals surface area (Å²) in [4.78, 5) is 0. The smallest absolute Gasteiger partial charge is 0.140 e. The zero-order chi connectivity index (χ0) is 19.6. The molecule has 0 amide bonds. The van der Waals surface area contributed by atoms with E-state index in [-0.39, 0.29) is 29.9 Å². The molecule has 1 saturated heterocycles. The predicted octanol–water partition coefficient (Wildman–Crippen LogP) is 2.05. The summed E-state index contributed by atoms with van der Waals surface area (Å²) in [6, 6.07) is 19.0. The van der Waals surface area contributed by atoms with Crippen LogP contribution in [0.4, 0.5) is 13.2 Å². The number of ether oxygens (including phenoxy) is 1. The third kappa shape index (κ3) is 4.34. The lowest BCUT2D eigenvalue weighted by molar-refractivity contribution is -0.00000797. The summed E-state index contributed by atoms with van der Waals surface area (Å²) >= 11 is 0. The number of halogens is 4. The summed E-state index contributed by atoms with van der Waals surface area (Å²) in [6.45, 7) is 0.655. The highest BCUT2D eigenvalue weighted by molar-refractivity contribution is 7.98. The van der Waals surface area contributed by atoms with E-state index in [1.165, 1.54) is 36.4 Å². The first-order valence-electron chi connectivity index (χ1n) is 9.10. The van der Waals surface area contributed by atoms with E-state index in [0.717, 1.165) is 34.5 Å². The van der Waals surface area contributed by atoms with Crippen LogP contribution in [-0.4, -0.2) is 6.61 Å². The second-order valence-corrected chi connectivity index (χ2v) is 9.95. The summed E-state index contributed by atoms with van der Waals surface area (Å²) in [5.74, 6) is 1.99. The number of allylic oxidation sites excluding steroid dienone is 1. The third-order valence-electron chi connectivity index (χ3n) is 4.89. The molecule has 1 fully saturated rings. The van der Waals surface area contributed by atoms with Crippen LogP contribution < -0.4 is 28.3 Å². The number of hydrogen-bond donors (Lipinski definition) is 0. The van der Waals surface area contributed by atoms with Crippen molar-refractivity contribution < 1.29 is 30.3 Å². The molecule has 1 heterocycles. The van der Waals surface area contributed by atoms with Crippen LogP contribution >= 0.6 is 7.26 Å². The SMILES string of the molecule is Fc1ccc([P+](C=C2CCCO2)(c2ccc(F)cc2)c2ccc(F)cc2)cc1.[Cl-]. The van der Waals surface area contributed by atoms with Crippen LogP contribution in [-0.2, 0) is 4.74 Å². The molecule has 150 valence electrons. The van der Waals surface area contributed by atoms with Gasteiger partial charge in [0.25, 0.3) is 0 Å². The van der Waals surface area contributed by atoms with Crippen LogP contribution in [0.5, 0.6) is 0 Å². The van der Waals surface area contributed by atoms with E-state index in [4.69, 9.17) is 4.74 Å². The molecule has 0 unspecified atom stereocenters. The minimum Gasteiger partial charge on any atom is -1.00 e. The molecule has 3 aromatic carbocycles. The molecular formula is C23H19ClF3OP. The van der Waals surface area contributed by atoms with Gasteiger partial charge in [-0.05, 0) is 79.2 Å². The summed E-state index contributed by atoms with van der Waals surface area (Å²) in [7, 11) is -2.45. The molecule has 0 radical (unpaired) electrons. The minimum absolute atomic E-state index is 0. The lowest BCUT2D eigenvalue weighted by Gasteiger charge is -2.24. The second kappa shape index (κ2) is 9.02. The minimum atomic E-state index is -2.45. The van der Waals surface area contributed by atoms with Crippen molar-refractivity contribution in [2.45, 2.75) is 12.8 Å². The van der Waals surface area contributed by atoms with Gasteiger partial charge in [-0.25, -0.2) is 13.2 Å². The fourth-order valence-electron chi connectivity index (χ4n) is 3.54. The molecule has 0 spiro atoms. The first-order valence-corrected chi connectivity index (χ1v) is 11.0. The molecule has 0 aliphatic carbocycles. The molecule has 0 saturated carbocycles. The predicted molar refractivity (Wildman–Crippen MR) is 108 cm³/mol. The van der Waals surface area contributed by atoms with E-state index < -0.39 is 7.26 Å². The van der Waals surface area contributed by atoms with Gasteiger partial charge in [0.1, 0.15) is 52.2 Å². The van der Waals surface area contributed by atoms with Gasteiger partial charge in [0.05, 0.1) is 6.61 Å². The average molecular weight is 435 g/mol. The van der Waals surface area contributed by atoms with Crippen molar-refractivity contribution in [2.24, 2.45) is 0 Å². The van der Waals surface area contributed by atoms with Crippen molar-refractivity contribution in [1.29, 1.82) is 0 Å². The van der Waals surface area contributed by atoms with E-state index in [1.54, 1.807) is 36.4 Å². The van der Waals surface area contributed by atoms with Gasteiger partial charge in [0.2, 0.25) is 0 Å². The zero-order valence-electron chi connectivity index (χ0n) is 15.5. The Morgan fingerprint density at radius 3 is 1.34 bits per heavy atom. The molecule has 6 heteroatoms. The third-order valence-corrected chi connectivity index (χ3v) is 8.91. The lowest BCUT2D eigenvalue weighted by atomic mass is 10.3. The van der Waals surface area contributed by atoms with Crippen LogP contribution in [0.15, 0.2) is 84.4 Å². The van der Waals surface area contributed by atoms with Crippen molar-refractivity contribution in [3.05, 3.63) is 102 Å². The summed E-state index contributed by atoms with van der Waals surface area (Å²) in [5.41, 5.74) is 0. The van der Waals surface area contributed by atoms with E-state index >= 15 is 0 Å². The van der Waals surface area contributed by atoms with Gasteiger partial charge in [0.15, 0.2) is 0 Å². The molecule has 1 aliphatic heterocycles. The van der Waals surface area contributed by atoms with Crippen LogP contribution in [0.1, 0.15) is 12.8 Å². The van der Waals surface area contributed by atoms with Gasteiger partial charge in [-0.15, -0.1) is 0 Å². The number of rotatable bonds is 4. The van der Waals surface area contributed by atoms with Gasteiger partial charge >= 0.3 is 0 Å². The lowest BCUT2D eigenvalue weighted by Crippen LogP contribution is -3.00. The highest BCUT2D eigenvalue weighted by Gasteiger charge is 2.45. The van der Waals surface area contributed by atoms with Gasteiger partial charge in [-0.1, -0.05) is 0 Å². The Balaban J connectivity index is 0.00000240. The molecule has 1 nitrogen and oxygen atoms in total. The second-order valence-electron chi connectivity index (χ2n) is 6.70. The quantitative estimate of drug-likeness (QED) is 0.571. The van der Waals surface area contributed by atoms with Crippen LogP contribution in [0.2, 0.25) is 0 Å². The first-order chi connectivity index (χ1) is 13.6. The molecule has 0 bridgehead atoms. The normalized spacial score (nSPS) is 15.1. The van der Waals surface area contributed by atoms with E-state index in [1.807, 2.05) is 0 Å². The first kappa shape index (κ1) is 21.4. The molecule has 1 aliphatic rings. The van der Waals surface area contributed by atoms with E-state index in [9.17, 15) is 13.2 Å². The van der Waals surface area contributed by atoms with Gasteiger partial charge < -0.3 is 17.1 Å². The van der Waals surface area contributed by atoms with E-state index in [0.29, 0.717) is 6.61 Å². The fourth-order valence-corrected chi connectivity index (χ4v) is 7.37. The number of benzene rings is 3. The standard InChI is InChI=1S/C23H19F3OP.ClH/c24-17-3-9-21(10-4-17)28(16-20-2-1-15-27-20,22-11-5-18(25)6-12-22)23-13-7-19(26)8-14-23;/h3-14,16H,1-2,15H2;1H/q+1;/p-1. The topological polar surface area (TPSA) is 9.23 Å². The highest BCUT2D eigenvalue weighted by atomic mass is 35.5. The summed E-state index contributed by atoms with van der Waals surface area (Å²) in [6.07, 6.45) is 1.74. The van der Waals surface area contributed by atoms with Gasteiger partial charge in [0, 0.05) is 6.42 Å². The van der Waals surface area contributed by atoms with Gasteiger partial charge in [-0.2, -0.15) is 0 Å². The molecule has 3 aromatic rings. The Morgan fingerprint density at radius 1 is 0.655 bits per heavy atom. The van der Waals surface area contributed by atoms with Crippen molar-refractivity contribution >= 4 is 23.2 Å². The van der Waals surface area contributed by atoms with Crippen molar-refractivity contribution in [3.63, 3.8) is 0 Å². The average Bonchev–Trinajstić information content (AvgIpc) is 3.21. The summed E-state index contributed by atoms with van der Waals surface area (Å²) < 4.78 is 46.8. The summed E-state index contributed by atoms with van der Waals surface area (Å²) in [5, 5.41) is 2.69. The molecule has 0 N–H and O–H groups in total. The maximum atomic E-state index is 13.7. The Labute approximate surface area is 175 Å². The molecular weight excluding hydrogens is 416 g/mol. The molecule has 0 aromatic heterocycles. The van der Waals surface area contributed by atoms with Gasteiger partial charge in [-0.3, -0.25) is 0 Å². The Morgan fingerprint density at radius 2 is 1.03 bits per heavy atom. The van der Waals surface area contributed by atoms with Crippen molar-refractivity contribution in [2.75, 3.05) is 6.61 Å². The largest absolute Gasteiger partial charge is 1.00 e. The maximum Gasteiger partial charge on any atom is 0.140 e. The Hall–Kier alpha value is -2.29. The highest BCUT2D eigenvalue weighted by Crippen LogP contribution is 2.58. The maximum absolute atomic E-state index is 13.7. The van der Waals surface area contributed by atoms with Crippen molar-refractivity contribution in [3.8, 4) is 0 Å². The fraction of sp³-hybridized carbons (Fsp3) is 0.130. The number of hydrogen-bond acceptors (Lipinski definition) is 1. The Kier molecular flexibility index (Phi) is 6.66. The monoisotopic (exact) mass is 434 g/mol. The van der Waals surface area contributed by atoms with Crippen LogP contribution in [0.3, 0.4) is 0 Å². The van der Waals surface area contributed by atoms with Crippen LogP contribution in [0, 0.1) is 17.5 Å². The molecule has 0 atom stereocenters. The van der Waals surface area contributed by atoms with Crippen LogP contribution in [0.25, 0.3) is 0 Å². The molecule has 29 heavy (non-hydrogen) atoms. The Bertz CT molecular complexity index is 867. The molecule has 4 rings (SSSR count). The zero-order valence-corrected chi connectivity index (χ0v) is 17.1.